The molecule has 1 aromatic carbocycles. The Bertz CT molecular complexity index is 299. The molecule has 0 heterocycles. The number of alkyl halides is 1. The van der Waals surface area contributed by atoms with Crippen molar-refractivity contribution in [1.29, 1.82) is 0 Å². The second kappa shape index (κ2) is 5.86. The van der Waals surface area contributed by atoms with Crippen LogP contribution in [-0.4, -0.2) is 5.33 Å². The zero-order valence-electron chi connectivity index (χ0n) is 8.06. The first-order chi connectivity index (χ1) is 6.63. The molecule has 1 rings (SSSR count). The zero-order chi connectivity index (χ0) is 10.6. The molecule has 0 amide bonds. The van der Waals surface area contributed by atoms with Gasteiger partial charge in [-0.1, -0.05) is 44.8 Å². The van der Waals surface area contributed by atoms with E-state index in [9.17, 15) is 4.39 Å². The summed E-state index contributed by atoms with van der Waals surface area (Å²) in [7, 11) is 0. The Morgan fingerprint density at radius 1 is 1.43 bits per heavy atom. The van der Waals surface area contributed by atoms with Crippen molar-refractivity contribution in [2.24, 2.45) is 5.92 Å². The van der Waals surface area contributed by atoms with Crippen molar-refractivity contribution in [2.45, 2.75) is 19.8 Å². The van der Waals surface area contributed by atoms with Gasteiger partial charge in [-0.25, -0.2) is 4.39 Å². The van der Waals surface area contributed by atoms with Gasteiger partial charge in [0.25, 0.3) is 0 Å². The van der Waals surface area contributed by atoms with E-state index in [2.05, 4.69) is 38.8 Å². The molecule has 0 saturated heterocycles. The van der Waals surface area contributed by atoms with Crippen LogP contribution in [0.25, 0.3) is 0 Å². The van der Waals surface area contributed by atoms with E-state index < -0.39 is 0 Å². The van der Waals surface area contributed by atoms with E-state index in [0.29, 0.717) is 5.92 Å². The van der Waals surface area contributed by atoms with Gasteiger partial charge in [0.1, 0.15) is 5.82 Å². The Morgan fingerprint density at radius 2 is 2.14 bits per heavy atom. The van der Waals surface area contributed by atoms with Gasteiger partial charge < -0.3 is 0 Å². The summed E-state index contributed by atoms with van der Waals surface area (Å²) in [5, 5.41) is 1.02. The third-order valence-electron chi connectivity index (χ3n) is 2.18. The molecule has 0 aliphatic heterocycles. The minimum Gasteiger partial charge on any atom is -0.207 e. The van der Waals surface area contributed by atoms with Gasteiger partial charge in [0.2, 0.25) is 0 Å². The summed E-state index contributed by atoms with van der Waals surface area (Å²) in [6, 6.07) is 4.88. The number of benzene rings is 1. The molecule has 3 heteroatoms. The van der Waals surface area contributed by atoms with Crippen LogP contribution in [0.1, 0.15) is 18.9 Å². The highest BCUT2D eigenvalue weighted by Gasteiger charge is 2.04. The fraction of sp³-hybridized carbons (Fsp3) is 0.455. The van der Waals surface area contributed by atoms with Gasteiger partial charge in [-0.05, 0) is 36.5 Å². The van der Waals surface area contributed by atoms with Crippen molar-refractivity contribution in [3.63, 3.8) is 0 Å². The monoisotopic (exact) mass is 322 g/mol. The van der Waals surface area contributed by atoms with Crippen LogP contribution in [-0.2, 0) is 6.42 Å². The molecule has 0 fully saturated rings. The maximum absolute atomic E-state index is 12.8. The molecular weight excluding hydrogens is 311 g/mol. The van der Waals surface area contributed by atoms with Gasteiger partial charge in [-0.3, -0.25) is 0 Å². The predicted molar refractivity (Wildman–Crippen MR) is 65.4 cm³/mol. The van der Waals surface area contributed by atoms with Crippen molar-refractivity contribution in [1.82, 2.24) is 0 Å². The molecule has 0 aromatic heterocycles. The highest BCUT2D eigenvalue weighted by molar-refractivity contribution is 9.10. The van der Waals surface area contributed by atoms with Crippen molar-refractivity contribution in [3.8, 4) is 0 Å². The molecule has 0 aliphatic carbocycles. The average molecular weight is 324 g/mol. The second-order valence-electron chi connectivity index (χ2n) is 3.53. The fourth-order valence-corrected chi connectivity index (χ4v) is 2.08. The van der Waals surface area contributed by atoms with Gasteiger partial charge in [-0.15, -0.1) is 0 Å². The fourth-order valence-electron chi connectivity index (χ4n) is 1.20. The number of hydrogen-bond acceptors (Lipinski definition) is 0. The topological polar surface area (TPSA) is 0 Å². The second-order valence-corrected chi connectivity index (χ2v) is 5.04. The highest BCUT2D eigenvalue weighted by Crippen LogP contribution is 2.21. The van der Waals surface area contributed by atoms with Crippen molar-refractivity contribution in [3.05, 3.63) is 34.1 Å². The summed E-state index contributed by atoms with van der Waals surface area (Å²) >= 11 is 6.81. The van der Waals surface area contributed by atoms with Crippen LogP contribution >= 0.6 is 31.9 Å². The molecule has 0 spiro atoms. The van der Waals surface area contributed by atoms with E-state index in [1.54, 1.807) is 0 Å². The van der Waals surface area contributed by atoms with E-state index >= 15 is 0 Å². The molecule has 0 aliphatic rings. The Balaban J connectivity index is 2.59. The quantitative estimate of drug-likeness (QED) is 0.713. The van der Waals surface area contributed by atoms with Gasteiger partial charge in [0.15, 0.2) is 0 Å². The molecule has 1 unspecified atom stereocenters. The van der Waals surface area contributed by atoms with Crippen molar-refractivity contribution < 1.29 is 4.39 Å². The molecule has 0 bridgehead atoms. The largest absolute Gasteiger partial charge is 0.207 e. The maximum atomic E-state index is 12.8. The summed E-state index contributed by atoms with van der Waals surface area (Å²) in [6.45, 7) is 2.20. The van der Waals surface area contributed by atoms with Gasteiger partial charge >= 0.3 is 0 Å². The average Bonchev–Trinajstić information content (AvgIpc) is 2.16. The number of hydrogen-bond donors (Lipinski definition) is 0. The van der Waals surface area contributed by atoms with Gasteiger partial charge in [0, 0.05) is 9.80 Å². The van der Waals surface area contributed by atoms with Crippen LogP contribution < -0.4 is 0 Å². The first-order valence-electron chi connectivity index (χ1n) is 4.63. The van der Waals surface area contributed by atoms with Crippen LogP contribution in [0.2, 0.25) is 0 Å². The summed E-state index contributed by atoms with van der Waals surface area (Å²) in [4.78, 5) is 0. The lowest BCUT2D eigenvalue weighted by atomic mass is 10.0. The Hall–Kier alpha value is 0.110. The lowest BCUT2D eigenvalue weighted by Crippen LogP contribution is -1.98. The Labute approximate surface area is 101 Å². The molecule has 1 aromatic rings. The van der Waals surface area contributed by atoms with Gasteiger partial charge in [0.05, 0.1) is 0 Å². The number of rotatable bonds is 4. The molecule has 1 atom stereocenters. The Morgan fingerprint density at radius 3 is 2.71 bits per heavy atom. The maximum Gasteiger partial charge on any atom is 0.124 e. The molecule has 0 radical (unpaired) electrons. The van der Waals surface area contributed by atoms with E-state index in [0.717, 1.165) is 22.6 Å². The first kappa shape index (κ1) is 12.2. The lowest BCUT2D eigenvalue weighted by Gasteiger charge is -2.08. The van der Waals surface area contributed by atoms with Crippen molar-refractivity contribution in [2.75, 3.05) is 5.33 Å². The third kappa shape index (κ3) is 3.70. The van der Waals surface area contributed by atoms with Crippen LogP contribution in [0.15, 0.2) is 22.7 Å². The molecule has 14 heavy (non-hydrogen) atoms. The smallest absolute Gasteiger partial charge is 0.124 e. The van der Waals surface area contributed by atoms with Crippen LogP contribution in [0.5, 0.6) is 0 Å². The van der Waals surface area contributed by atoms with E-state index in [1.807, 2.05) is 6.07 Å². The highest BCUT2D eigenvalue weighted by atomic mass is 79.9. The number of aryl methyl sites for hydroxylation is 1. The van der Waals surface area contributed by atoms with Crippen LogP contribution in [0, 0.1) is 11.7 Å². The molecular formula is C11H13Br2F. The van der Waals surface area contributed by atoms with Gasteiger partial charge in [-0.2, -0.15) is 0 Å². The Kier molecular flexibility index (Phi) is 5.10. The normalized spacial score (nSPS) is 12.9. The zero-order valence-corrected chi connectivity index (χ0v) is 11.2. The summed E-state index contributed by atoms with van der Waals surface area (Å²) in [6.07, 6.45) is 2.11. The predicted octanol–water partition coefficient (Wildman–Crippen LogP) is 4.55. The SMILES string of the molecule is CC(CBr)CCc1ccc(F)cc1Br. The standard InChI is InChI=1S/C11H13Br2F/c1-8(7-12)2-3-9-4-5-10(14)6-11(9)13/h4-6,8H,2-3,7H2,1H3. The van der Waals surface area contributed by atoms with Crippen LogP contribution in [0.4, 0.5) is 4.39 Å². The van der Waals surface area contributed by atoms with Crippen molar-refractivity contribution >= 4 is 31.9 Å². The molecule has 0 saturated carbocycles. The molecule has 78 valence electrons. The molecule has 0 nitrogen and oxygen atoms in total. The third-order valence-corrected chi connectivity index (χ3v) is 4.03. The first-order valence-corrected chi connectivity index (χ1v) is 6.55. The summed E-state index contributed by atoms with van der Waals surface area (Å²) in [5.41, 5.74) is 1.18. The van der Waals surface area contributed by atoms with E-state index in [-0.39, 0.29) is 5.82 Å². The number of halogens is 3. The minimum atomic E-state index is -0.186. The summed E-state index contributed by atoms with van der Waals surface area (Å²) in [5.74, 6) is 0.473. The molecule has 0 N–H and O–H groups in total. The lowest BCUT2D eigenvalue weighted by molar-refractivity contribution is 0.595. The minimum absolute atomic E-state index is 0.186. The van der Waals surface area contributed by atoms with E-state index in [1.165, 1.54) is 17.7 Å². The van der Waals surface area contributed by atoms with Crippen LogP contribution in [0.3, 0.4) is 0 Å². The van der Waals surface area contributed by atoms with E-state index in [4.69, 9.17) is 0 Å². The summed E-state index contributed by atoms with van der Waals surface area (Å²) < 4.78 is 13.6.